The molecule has 2 aromatic carbocycles. The highest BCUT2D eigenvalue weighted by Gasteiger charge is 2.02. The molecule has 0 fully saturated rings. The maximum absolute atomic E-state index is 11.7. The van der Waals surface area contributed by atoms with Crippen molar-refractivity contribution in [1.29, 1.82) is 0 Å². The summed E-state index contributed by atoms with van der Waals surface area (Å²) in [6, 6.07) is 12.4. The Hall–Kier alpha value is -1.80. The quantitative estimate of drug-likeness (QED) is 0.422. The smallest absolute Gasteiger partial charge is 0.277 e. The first kappa shape index (κ1) is 17.6. The number of nitrogens with zero attached hydrogens (tertiary/aromatic N) is 1. The molecule has 7 heteroatoms. The maximum atomic E-state index is 11.7. The molecule has 23 heavy (non-hydrogen) atoms. The minimum Gasteiger partial charge on any atom is -0.496 e. The summed E-state index contributed by atoms with van der Waals surface area (Å²) >= 11 is 8.00. The van der Waals surface area contributed by atoms with E-state index in [4.69, 9.17) is 21.1 Å². The Morgan fingerprint density at radius 3 is 2.87 bits per heavy atom. The molecule has 0 atom stereocenters. The fourth-order valence-corrected chi connectivity index (χ4v) is 2.62. The van der Waals surface area contributed by atoms with Crippen LogP contribution < -0.4 is 14.9 Å². The van der Waals surface area contributed by atoms with Crippen molar-refractivity contribution in [2.75, 3.05) is 13.7 Å². The van der Waals surface area contributed by atoms with E-state index in [2.05, 4.69) is 33.1 Å². The first-order valence-corrected chi connectivity index (χ1v) is 8.08. The number of ether oxygens (including phenoxy) is 2. The third-order valence-electron chi connectivity index (χ3n) is 2.74. The number of rotatable bonds is 6. The van der Waals surface area contributed by atoms with Crippen molar-refractivity contribution in [2.45, 2.75) is 0 Å². The number of nitrogens with one attached hydrogen (secondary N) is 1. The lowest BCUT2D eigenvalue weighted by Gasteiger charge is -2.05. The van der Waals surface area contributed by atoms with Crippen LogP contribution in [0.4, 0.5) is 0 Å². The van der Waals surface area contributed by atoms with Gasteiger partial charge in [-0.3, -0.25) is 4.79 Å². The van der Waals surface area contributed by atoms with Crippen molar-refractivity contribution in [3.63, 3.8) is 0 Å². The number of hydrogen-bond donors (Lipinski definition) is 1. The summed E-state index contributed by atoms with van der Waals surface area (Å²) in [6.45, 7) is -0.141. The number of carbonyl (C=O) groups is 1. The molecule has 120 valence electrons. The molecule has 0 unspecified atom stereocenters. The molecule has 0 aliphatic carbocycles. The summed E-state index contributed by atoms with van der Waals surface area (Å²) in [5.74, 6) is 0.965. The van der Waals surface area contributed by atoms with Crippen LogP contribution in [0.1, 0.15) is 5.56 Å². The second kappa shape index (κ2) is 8.73. The van der Waals surface area contributed by atoms with Crippen molar-refractivity contribution >= 4 is 46.3 Å². The van der Waals surface area contributed by atoms with Crippen LogP contribution in [-0.2, 0) is 4.79 Å². The summed E-state index contributed by atoms with van der Waals surface area (Å²) < 4.78 is 11.5. The lowest BCUT2D eigenvalue weighted by Crippen LogP contribution is -2.24. The van der Waals surface area contributed by atoms with Gasteiger partial charge in [0, 0.05) is 5.02 Å². The van der Waals surface area contributed by atoms with Gasteiger partial charge in [0.2, 0.25) is 0 Å². The largest absolute Gasteiger partial charge is 0.496 e. The lowest BCUT2D eigenvalue weighted by atomic mass is 10.2. The van der Waals surface area contributed by atoms with E-state index in [0.29, 0.717) is 10.8 Å². The van der Waals surface area contributed by atoms with Crippen molar-refractivity contribution in [1.82, 2.24) is 5.43 Å². The average molecular weight is 445 g/mol. The topological polar surface area (TPSA) is 59.9 Å². The van der Waals surface area contributed by atoms with Gasteiger partial charge >= 0.3 is 0 Å². The van der Waals surface area contributed by atoms with Gasteiger partial charge in [0.05, 0.1) is 16.9 Å². The van der Waals surface area contributed by atoms with Crippen molar-refractivity contribution in [3.05, 3.63) is 56.6 Å². The molecule has 1 N–H and O–H groups in total. The second-order valence-corrected chi connectivity index (χ2v) is 6.03. The average Bonchev–Trinajstić information content (AvgIpc) is 2.53. The van der Waals surface area contributed by atoms with E-state index in [0.717, 1.165) is 14.9 Å². The van der Waals surface area contributed by atoms with Gasteiger partial charge in [-0.2, -0.15) is 5.10 Å². The molecule has 0 aliphatic rings. The summed E-state index contributed by atoms with van der Waals surface area (Å²) in [7, 11) is 1.62. The van der Waals surface area contributed by atoms with Crippen molar-refractivity contribution in [3.8, 4) is 11.5 Å². The first-order chi connectivity index (χ1) is 11.1. The van der Waals surface area contributed by atoms with Gasteiger partial charge in [-0.1, -0.05) is 17.7 Å². The zero-order valence-electron chi connectivity index (χ0n) is 12.3. The summed E-state index contributed by atoms with van der Waals surface area (Å²) in [6.07, 6.45) is 1.55. The molecule has 0 bridgehead atoms. The monoisotopic (exact) mass is 444 g/mol. The van der Waals surface area contributed by atoms with Gasteiger partial charge in [-0.25, -0.2) is 5.43 Å². The maximum Gasteiger partial charge on any atom is 0.277 e. The molecule has 0 spiro atoms. The van der Waals surface area contributed by atoms with Gasteiger partial charge in [0.15, 0.2) is 6.61 Å². The van der Waals surface area contributed by atoms with Crippen LogP contribution in [0, 0.1) is 3.57 Å². The zero-order chi connectivity index (χ0) is 16.7. The van der Waals surface area contributed by atoms with Crippen molar-refractivity contribution in [2.24, 2.45) is 5.10 Å². The molecule has 1 amide bonds. The number of hydrogen-bond acceptors (Lipinski definition) is 4. The van der Waals surface area contributed by atoms with Gasteiger partial charge in [-0.05, 0) is 64.6 Å². The molecule has 2 aromatic rings. The standard InChI is InChI=1S/C16H14ClIN2O3/c1-22-15-6-5-11(7-14(15)18)9-19-20-16(21)10-23-13-4-2-3-12(17)8-13/h2-9H,10H2,1H3,(H,20,21)/b19-9-. The highest BCUT2D eigenvalue weighted by Crippen LogP contribution is 2.20. The summed E-state index contributed by atoms with van der Waals surface area (Å²) in [5, 5.41) is 4.44. The van der Waals surface area contributed by atoms with Crippen LogP contribution in [0.25, 0.3) is 0 Å². The molecule has 2 rings (SSSR count). The number of halogens is 2. The Bertz CT molecular complexity index is 722. The van der Waals surface area contributed by atoms with Crippen LogP contribution in [-0.4, -0.2) is 25.8 Å². The molecular weight excluding hydrogens is 431 g/mol. The van der Waals surface area contributed by atoms with Crippen LogP contribution in [0.15, 0.2) is 47.6 Å². The van der Waals surface area contributed by atoms with Crippen LogP contribution >= 0.6 is 34.2 Å². The van der Waals surface area contributed by atoms with Gasteiger partial charge in [-0.15, -0.1) is 0 Å². The molecular formula is C16H14ClIN2O3. The predicted octanol–water partition coefficient (Wildman–Crippen LogP) is 3.48. The lowest BCUT2D eigenvalue weighted by molar-refractivity contribution is -0.123. The van der Waals surface area contributed by atoms with Crippen LogP contribution in [0.2, 0.25) is 5.02 Å². The number of methoxy groups -OCH3 is 1. The van der Waals surface area contributed by atoms with Gasteiger partial charge in [0.25, 0.3) is 5.91 Å². The minimum atomic E-state index is -0.357. The van der Waals surface area contributed by atoms with Gasteiger partial charge in [0.1, 0.15) is 11.5 Å². The highest BCUT2D eigenvalue weighted by molar-refractivity contribution is 14.1. The number of hydrazone groups is 1. The van der Waals surface area contributed by atoms with E-state index < -0.39 is 0 Å². The third kappa shape index (κ3) is 5.72. The van der Waals surface area contributed by atoms with E-state index in [1.54, 1.807) is 37.6 Å². The van der Waals surface area contributed by atoms with Gasteiger partial charge < -0.3 is 9.47 Å². The molecule has 0 saturated carbocycles. The Balaban J connectivity index is 1.83. The fourth-order valence-electron chi connectivity index (χ4n) is 1.68. The summed E-state index contributed by atoms with van der Waals surface area (Å²) in [4.78, 5) is 11.7. The molecule has 0 heterocycles. The fraction of sp³-hybridized carbons (Fsp3) is 0.125. The third-order valence-corrected chi connectivity index (χ3v) is 3.82. The zero-order valence-corrected chi connectivity index (χ0v) is 15.2. The normalized spacial score (nSPS) is 10.6. The van der Waals surface area contributed by atoms with E-state index in [1.165, 1.54) is 0 Å². The Morgan fingerprint density at radius 2 is 2.17 bits per heavy atom. The Morgan fingerprint density at radius 1 is 1.35 bits per heavy atom. The van der Waals surface area contributed by atoms with E-state index in [-0.39, 0.29) is 12.5 Å². The predicted molar refractivity (Wildman–Crippen MR) is 98.4 cm³/mol. The number of carbonyl (C=O) groups excluding carboxylic acids is 1. The van der Waals surface area contributed by atoms with Crippen molar-refractivity contribution < 1.29 is 14.3 Å². The second-order valence-electron chi connectivity index (χ2n) is 4.43. The minimum absolute atomic E-state index is 0.141. The Labute approximate surface area is 152 Å². The molecule has 5 nitrogen and oxygen atoms in total. The molecule has 0 aliphatic heterocycles. The molecule has 0 aromatic heterocycles. The van der Waals surface area contributed by atoms with E-state index in [9.17, 15) is 4.79 Å². The Kier molecular flexibility index (Phi) is 6.66. The van der Waals surface area contributed by atoms with Crippen LogP contribution in [0.3, 0.4) is 0 Å². The van der Waals surface area contributed by atoms with Crippen LogP contribution in [0.5, 0.6) is 11.5 Å². The SMILES string of the molecule is COc1ccc(/C=N\NC(=O)COc2cccc(Cl)c2)cc1I. The number of amides is 1. The van der Waals surface area contributed by atoms with E-state index in [1.807, 2.05) is 18.2 Å². The first-order valence-electron chi connectivity index (χ1n) is 6.62. The number of benzene rings is 2. The highest BCUT2D eigenvalue weighted by atomic mass is 127. The van der Waals surface area contributed by atoms with E-state index >= 15 is 0 Å². The summed E-state index contributed by atoms with van der Waals surface area (Å²) in [5.41, 5.74) is 3.26. The molecule has 0 radical (unpaired) electrons. The molecule has 0 saturated heterocycles.